The lowest BCUT2D eigenvalue weighted by atomic mass is 10.2. The summed E-state index contributed by atoms with van der Waals surface area (Å²) >= 11 is 7.45. The standard InChI is InChI=1S/C25H25ClN4O3S/c1-15-16(2)30(20-8-3-4-9-20)24(21(15)12-27)29-22(31)13-33-23(32)11-19-14-34-25(28-19)17-6-5-7-18(26)10-17/h5-7,10,14,20H,3-4,8-9,11,13H2,1-2H3,(H,29,31). The molecule has 7 nitrogen and oxygen atoms in total. The van der Waals surface area contributed by atoms with Crippen LogP contribution in [0, 0.1) is 25.2 Å². The van der Waals surface area contributed by atoms with Gasteiger partial charge in [0.2, 0.25) is 0 Å². The fourth-order valence-electron chi connectivity index (χ4n) is 4.36. The van der Waals surface area contributed by atoms with E-state index in [1.54, 1.807) is 11.4 Å². The molecule has 0 spiro atoms. The predicted octanol–water partition coefficient (Wildman–Crippen LogP) is 5.59. The van der Waals surface area contributed by atoms with Crippen LogP contribution in [0.3, 0.4) is 0 Å². The molecule has 0 unspecified atom stereocenters. The molecule has 1 aliphatic carbocycles. The third kappa shape index (κ3) is 5.16. The number of ether oxygens (including phenoxy) is 1. The molecule has 1 fully saturated rings. The van der Waals surface area contributed by atoms with Gasteiger partial charge in [0.15, 0.2) is 6.61 Å². The molecule has 0 aliphatic heterocycles. The van der Waals surface area contributed by atoms with Crippen molar-refractivity contribution >= 4 is 40.6 Å². The highest BCUT2D eigenvalue weighted by Gasteiger charge is 2.27. The molecule has 1 N–H and O–H groups in total. The number of nitriles is 1. The quantitative estimate of drug-likeness (QED) is 0.430. The van der Waals surface area contributed by atoms with Crippen LogP contribution >= 0.6 is 22.9 Å². The summed E-state index contributed by atoms with van der Waals surface area (Å²) < 4.78 is 7.25. The number of nitrogens with zero attached hydrogens (tertiary/aromatic N) is 3. The van der Waals surface area contributed by atoms with Crippen molar-refractivity contribution < 1.29 is 14.3 Å². The molecule has 1 aromatic carbocycles. The van der Waals surface area contributed by atoms with Crippen LogP contribution in [0.15, 0.2) is 29.6 Å². The molecular weight excluding hydrogens is 472 g/mol. The number of thiazole rings is 1. The molecular formula is C25H25ClN4O3S. The van der Waals surface area contributed by atoms with E-state index in [0.717, 1.165) is 47.5 Å². The maximum absolute atomic E-state index is 12.6. The zero-order chi connectivity index (χ0) is 24.2. The summed E-state index contributed by atoms with van der Waals surface area (Å²) in [5, 5.41) is 15.6. The molecule has 1 amide bonds. The first kappa shape index (κ1) is 24.0. The molecule has 2 heterocycles. The lowest BCUT2D eigenvalue weighted by Gasteiger charge is -2.19. The number of carbonyl (C=O) groups is 2. The zero-order valence-corrected chi connectivity index (χ0v) is 20.6. The third-order valence-electron chi connectivity index (χ3n) is 6.13. The average Bonchev–Trinajstić information content (AvgIpc) is 3.54. The molecule has 9 heteroatoms. The summed E-state index contributed by atoms with van der Waals surface area (Å²) in [4.78, 5) is 29.4. The van der Waals surface area contributed by atoms with Gasteiger partial charge in [0.05, 0.1) is 17.7 Å². The highest BCUT2D eigenvalue weighted by atomic mass is 35.5. The van der Waals surface area contributed by atoms with Crippen molar-refractivity contribution in [1.29, 1.82) is 5.26 Å². The van der Waals surface area contributed by atoms with Crippen LogP contribution in [0.4, 0.5) is 5.82 Å². The van der Waals surface area contributed by atoms with Crippen LogP contribution in [0.5, 0.6) is 0 Å². The number of rotatable bonds is 7. The van der Waals surface area contributed by atoms with Gasteiger partial charge in [-0.25, -0.2) is 4.98 Å². The molecule has 1 aliphatic rings. The lowest BCUT2D eigenvalue weighted by molar-refractivity contribution is -0.146. The van der Waals surface area contributed by atoms with E-state index in [2.05, 4.69) is 20.9 Å². The molecule has 3 aromatic rings. The number of hydrogen-bond donors (Lipinski definition) is 1. The van der Waals surface area contributed by atoms with E-state index >= 15 is 0 Å². The molecule has 34 heavy (non-hydrogen) atoms. The normalized spacial score (nSPS) is 13.6. The first-order valence-electron chi connectivity index (χ1n) is 11.1. The molecule has 0 bridgehead atoms. The Balaban J connectivity index is 1.37. The second-order valence-electron chi connectivity index (χ2n) is 8.39. The van der Waals surface area contributed by atoms with Crippen molar-refractivity contribution in [2.45, 2.75) is 52.0 Å². The van der Waals surface area contributed by atoms with Gasteiger partial charge in [-0.15, -0.1) is 11.3 Å². The van der Waals surface area contributed by atoms with Crippen LogP contribution in [0.2, 0.25) is 5.02 Å². The van der Waals surface area contributed by atoms with Gasteiger partial charge < -0.3 is 14.6 Å². The van der Waals surface area contributed by atoms with E-state index in [9.17, 15) is 14.9 Å². The van der Waals surface area contributed by atoms with Gasteiger partial charge in [0, 0.05) is 27.7 Å². The molecule has 0 radical (unpaired) electrons. The van der Waals surface area contributed by atoms with Crippen LogP contribution in [0.1, 0.15) is 54.2 Å². The Morgan fingerprint density at radius 1 is 1.32 bits per heavy atom. The maximum Gasteiger partial charge on any atom is 0.312 e. The number of carbonyl (C=O) groups excluding carboxylic acids is 2. The molecule has 4 rings (SSSR count). The highest BCUT2D eigenvalue weighted by Crippen LogP contribution is 2.37. The van der Waals surface area contributed by atoms with Crippen molar-refractivity contribution in [3.05, 3.63) is 57.2 Å². The van der Waals surface area contributed by atoms with Gasteiger partial charge in [-0.2, -0.15) is 5.26 Å². The number of hydrogen-bond acceptors (Lipinski definition) is 6. The van der Waals surface area contributed by atoms with Gasteiger partial charge in [-0.1, -0.05) is 36.6 Å². The highest BCUT2D eigenvalue weighted by molar-refractivity contribution is 7.13. The number of esters is 1. The SMILES string of the molecule is Cc1c(C#N)c(NC(=O)COC(=O)Cc2csc(-c3cccc(Cl)c3)n2)n(C2CCCC2)c1C. The summed E-state index contributed by atoms with van der Waals surface area (Å²) in [6.45, 7) is 3.43. The minimum absolute atomic E-state index is 0.0372. The second-order valence-corrected chi connectivity index (χ2v) is 9.69. The Morgan fingerprint density at radius 3 is 2.79 bits per heavy atom. The molecule has 2 aromatic heterocycles. The van der Waals surface area contributed by atoms with Crippen molar-refractivity contribution in [3.8, 4) is 16.6 Å². The van der Waals surface area contributed by atoms with Crippen LogP contribution < -0.4 is 5.32 Å². The molecule has 0 atom stereocenters. The Labute approximate surface area is 207 Å². The topological polar surface area (TPSA) is 97.0 Å². The van der Waals surface area contributed by atoms with E-state index < -0.39 is 18.5 Å². The molecule has 1 saturated carbocycles. The number of anilines is 1. The van der Waals surface area contributed by atoms with Crippen molar-refractivity contribution in [2.24, 2.45) is 0 Å². The minimum Gasteiger partial charge on any atom is -0.455 e. The van der Waals surface area contributed by atoms with Gasteiger partial charge in [-0.05, 0) is 44.4 Å². The van der Waals surface area contributed by atoms with Crippen LogP contribution in [-0.2, 0) is 20.7 Å². The van der Waals surface area contributed by atoms with Crippen molar-refractivity contribution in [1.82, 2.24) is 9.55 Å². The first-order chi connectivity index (χ1) is 16.4. The fraction of sp³-hybridized carbons (Fsp3) is 0.360. The van der Waals surface area contributed by atoms with Gasteiger partial charge >= 0.3 is 5.97 Å². The van der Waals surface area contributed by atoms with Gasteiger partial charge in [0.1, 0.15) is 16.9 Å². The van der Waals surface area contributed by atoms with E-state index in [-0.39, 0.29) is 12.5 Å². The number of halogens is 1. The summed E-state index contributed by atoms with van der Waals surface area (Å²) in [6.07, 6.45) is 4.25. The van der Waals surface area contributed by atoms with Crippen LogP contribution in [-0.4, -0.2) is 28.0 Å². The Kier molecular flexibility index (Phi) is 7.35. The lowest BCUT2D eigenvalue weighted by Crippen LogP contribution is -2.24. The third-order valence-corrected chi connectivity index (χ3v) is 7.30. The minimum atomic E-state index is -0.544. The zero-order valence-electron chi connectivity index (χ0n) is 19.1. The number of nitrogens with one attached hydrogen (secondary N) is 1. The van der Waals surface area contributed by atoms with E-state index in [4.69, 9.17) is 16.3 Å². The number of aromatic nitrogens is 2. The summed E-state index contributed by atoms with van der Waals surface area (Å²) in [5.41, 5.74) is 3.75. The van der Waals surface area contributed by atoms with Gasteiger partial charge in [0.25, 0.3) is 5.91 Å². The number of benzene rings is 1. The maximum atomic E-state index is 12.6. The monoisotopic (exact) mass is 496 g/mol. The smallest absolute Gasteiger partial charge is 0.312 e. The summed E-state index contributed by atoms with van der Waals surface area (Å²) in [5.74, 6) is -0.521. The fourth-order valence-corrected chi connectivity index (χ4v) is 5.37. The van der Waals surface area contributed by atoms with Gasteiger partial charge in [-0.3, -0.25) is 9.59 Å². The first-order valence-corrected chi connectivity index (χ1v) is 12.4. The van der Waals surface area contributed by atoms with Crippen LogP contribution in [0.25, 0.3) is 10.6 Å². The average molecular weight is 497 g/mol. The van der Waals surface area contributed by atoms with E-state index in [0.29, 0.717) is 22.1 Å². The number of amides is 1. The Hall–Kier alpha value is -3.15. The van der Waals surface area contributed by atoms with E-state index in [1.807, 2.05) is 32.0 Å². The predicted molar refractivity (Wildman–Crippen MR) is 132 cm³/mol. The Bertz CT molecular complexity index is 1270. The molecule has 0 saturated heterocycles. The summed E-state index contributed by atoms with van der Waals surface area (Å²) in [7, 11) is 0. The molecule has 176 valence electrons. The second kappa shape index (κ2) is 10.4. The van der Waals surface area contributed by atoms with E-state index in [1.165, 1.54) is 11.3 Å². The Morgan fingerprint density at radius 2 is 2.09 bits per heavy atom. The largest absolute Gasteiger partial charge is 0.455 e. The van der Waals surface area contributed by atoms with Crippen molar-refractivity contribution in [2.75, 3.05) is 11.9 Å². The summed E-state index contributed by atoms with van der Waals surface area (Å²) in [6, 6.07) is 9.82. The van der Waals surface area contributed by atoms with Crippen molar-refractivity contribution in [3.63, 3.8) is 0 Å².